The monoisotopic (exact) mass is 354 g/mol. The minimum atomic E-state index is -0.243. The summed E-state index contributed by atoms with van der Waals surface area (Å²) in [6, 6.07) is 0. The van der Waals surface area contributed by atoms with Crippen molar-refractivity contribution in [2.75, 3.05) is 26.8 Å². The molecule has 0 aromatic carbocycles. The summed E-state index contributed by atoms with van der Waals surface area (Å²) in [5.41, 5.74) is 2.75. The van der Waals surface area contributed by atoms with E-state index in [1.54, 1.807) is 0 Å². The number of rotatable bonds is 8. The van der Waals surface area contributed by atoms with E-state index in [0.29, 0.717) is 32.7 Å². The van der Waals surface area contributed by atoms with Gasteiger partial charge in [0.25, 0.3) is 0 Å². The van der Waals surface area contributed by atoms with Gasteiger partial charge in [-0.15, -0.1) is 0 Å². The van der Waals surface area contributed by atoms with Crippen LogP contribution in [0.2, 0.25) is 0 Å². The van der Waals surface area contributed by atoms with Gasteiger partial charge in [-0.25, -0.2) is 0 Å². The van der Waals surface area contributed by atoms with Gasteiger partial charge < -0.3 is 24.1 Å². The predicted molar refractivity (Wildman–Crippen MR) is 95.1 cm³/mol. The number of hydrogen-bond acceptors (Lipinski definition) is 5. The molecule has 5 heteroatoms. The topological polar surface area (TPSA) is 57.2 Å². The van der Waals surface area contributed by atoms with Crippen molar-refractivity contribution < 1.29 is 24.1 Å². The van der Waals surface area contributed by atoms with E-state index in [9.17, 15) is 5.11 Å². The van der Waals surface area contributed by atoms with Gasteiger partial charge in [0, 0.05) is 19.1 Å². The molecule has 0 spiro atoms. The van der Waals surface area contributed by atoms with Crippen LogP contribution in [0.15, 0.2) is 11.1 Å². The molecule has 3 aliphatic rings. The molecule has 0 heterocycles. The lowest BCUT2D eigenvalue weighted by Crippen LogP contribution is -2.44. The van der Waals surface area contributed by atoms with Crippen molar-refractivity contribution in [1.29, 1.82) is 0 Å². The van der Waals surface area contributed by atoms with E-state index in [1.165, 1.54) is 11.1 Å². The molecule has 0 saturated heterocycles. The van der Waals surface area contributed by atoms with E-state index in [4.69, 9.17) is 18.9 Å². The van der Waals surface area contributed by atoms with Crippen molar-refractivity contribution in [2.24, 2.45) is 11.8 Å². The van der Waals surface area contributed by atoms with Gasteiger partial charge in [0.2, 0.25) is 0 Å². The third-order valence-corrected chi connectivity index (χ3v) is 5.97. The molecule has 0 aromatic heterocycles. The summed E-state index contributed by atoms with van der Waals surface area (Å²) in [6.45, 7) is 5.98. The lowest BCUT2D eigenvalue weighted by molar-refractivity contribution is -0.101. The van der Waals surface area contributed by atoms with E-state index in [0.717, 1.165) is 44.9 Å². The van der Waals surface area contributed by atoms with Gasteiger partial charge in [0.1, 0.15) is 13.6 Å². The maximum atomic E-state index is 10.7. The van der Waals surface area contributed by atoms with Crippen molar-refractivity contribution in [2.45, 2.75) is 77.1 Å². The standard InChI is InChI=1S/C20H34O5/c1-3-22-12-24-17-9-5-7-14-11-16(21)15-8-6-10-18(20(15)19(14)17)25-13-23-4-2/h14-18,21H,3-13H2,1-2H3/t14-,15+,16+,17-,18-/m0/s1. The van der Waals surface area contributed by atoms with Crippen LogP contribution in [0.4, 0.5) is 0 Å². The van der Waals surface area contributed by atoms with Crippen LogP contribution >= 0.6 is 0 Å². The molecule has 1 N–H and O–H groups in total. The lowest BCUT2D eigenvalue weighted by atomic mass is 9.63. The number of aliphatic hydroxyl groups is 1. The molecule has 144 valence electrons. The largest absolute Gasteiger partial charge is 0.392 e. The molecular formula is C20H34O5. The van der Waals surface area contributed by atoms with Crippen LogP contribution in [-0.2, 0) is 18.9 Å². The Hall–Kier alpha value is -0.460. The molecule has 2 saturated carbocycles. The van der Waals surface area contributed by atoms with Crippen LogP contribution in [-0.4, -0.2) is 50.2 Å². The molecule has 5 atom stereocenters. The Morgan fingerprint density at radius 3 is 2.08 bits per heavy atom. The van der Waals surface area contributed by atoms with Crippen molar-refractivity contribution in [3.8, 4) is 0 Å². The average Bonchev–Trinajstić information content (AvgIpc) is 2.62. The smallest absolute Gasteiger partial charge is 0.147 e. The first-order chi connectivity index (χ1) is 12.3. The summed E-state index contributed by atoms with van der Waals surface area (Å²) in [4.78, 5) is 0. The highest BCUT2D eigenvalue weighted by atomic mass is 16.7. The van der Waals surface area contributed by atoms with Crippen molar-refractivity contribution in [3.63, 3.8) is 0 Å². The van der Waals surface area contributed by atoms with Crippen LogP contribution in [0.25, 0.3) is 0 Å². The Balaban J connectivity index is 1.84. The zero-order chi connectivity index (χ0) is 17.6. The molecular weight excluding hydrogens is 320 g/mol. The molecule has 0 radical (unpaired) electrons. The summed E-state index contributed by atoms with van der Waals surface area (Å²) < 4.78 is 23.0. The molecule has 0 amide bonds. The van der Waals surface area contributed by atoms with E-state index >= 15 is 0 Å². The maximum absolute atomic E-state index is 10.7. The summed E-state index contributed by atoms with van der Waals surface area (Å²) in [6.07, 6.45) is 7.33. The Labute approximate surface area is 151 Å². The van der Waals surface area contributed by atoms with Gasteiger partial charge in [-0.2, -0.15) is 0 Å². The summed E-state index contributed by atoms with van der Waals surface area (Å²) in [7, 11) is 0. The quantitative estimate of drug-likeness (QED) is 0.411. The van der Waals surface area contributed by atoms with Crippen LogP contribution in [0, 0.1) is 11.8 Å². The number of ether oxygens (including phenoxy) is 4. The maximum Gasteiger partial charge on any atom is 0.147 e. The molecule has 2 fully saturated rings. The van der Waals surface area contributed by atoms with E-state index in [2.05, 4.69) is 0 Å². The van der Waals surface area contributed by atoms with Crippen molar-refractivity contribution >= 4 is 0 Å². The van der Waals surface area contributed by atoms with Crippen LogP contribution in [0.5, 0.6) is 0 Å². The first kappa shape index (κ1) is 19.3. The van der Waals surface area contributed by atoms with Crippen LogP contribution in [0.1, 0.15) is 58.8 Å². The number of aliphatic hydroxyl groups excluding tert-OH is 1. The minimum absolute atomic E-state index is 0.0639. The molecule has 0 aliphatic heterocycles. The average molecular weight is 354 g/mol. The lowest BCUT2D eigenvalue weighted by Gasteiger charge is -2.47. The molecule has 0 unspecified atom stereocenters. The highest BCUT2D eigenvalue weighted by Gasteiger charge is 2.44. The molecule has 3 aliphatic carbocycles. The second-order valence-corrected chi connectivity index (χ2v) is 7.41. The van der Waals surface area contributed by atoms with Gasteiger partial charge in [-0.1, -0.05) is 0 Å². The molecule has 5 nitrogen and oxygen atoms in total. The molecule has 25 heavy (non-hydrogen) atoms. The molecule has 3 rings (SSSR count). The van der Waals surface area contributed by atoms with Crippen LogP contribution < -0.4 is 0 Å². The van der Waals surface area contributed by atoms with E-state index in [-0.39, 0.29) is 24.2 Å². The summed E-state index contributed by atoms with van der Waals surface area (Å²) in [5.74, 6) is 0.654. The zero-order valence-electron chi connectivity index (χ0n) is 15.7. The first-order valence-electron chi connectivity index (χ1n) is 10.1. The number of fused-ring (bicyclic) bond motifs is 2. The SMILES string of the molecule is CCOCO[C@H]1CCC[C@H]2C[C@@H](O)[C@H]3CCC[C@H](OCOCC)C3=C21. The van der Waals surface area contributed by atoms with Gasteiger partial charge in [-0.3, -0.25) is 0 Å². The fourth-order valence-electron chi connectivity index (χ4n) is 4.89. The Bertz CT molecular complexity index is 449. The van der Waals surface area contributed by atoms with Crippen molar-refractivity contribution in [3.05, 3.63) is 11.1 Å². The van der Waals surface area contributed by atoms with Crippen molar-refractivity contribution in [1.82, 2.24) is 0 Å². The van der Waals surface area contributed by atoms with Gasteiger partial charge in [-0.05, 0) is 75.9 Å². The predicted octanol–water partition coefficient (Wildman–Crippen LogP) is 3.41. The molecule has 0 bridgehead atoms. The highest BCUT2D eigenvalue weighted by Crippen LogP contribution is 2.49. The highest BCUT2D eigenvalue weighted by molar-refractivity contribution is 5.33. The zero-order valence-corrected chi connectivity index (χ0v) is 15.7. The van der Waals surface area contributed by atoms with E-state index < -0.39 is 0 Å². The summed E-state index contributed by atoms with van der Waals surface area (Å²) >= 11 is 0. The van der Waals surface area contributed by atoms with Gasteiger partial charge in [0.15, 0.2) is 0 Å². The molecule has 0 aromatic rings. The third-order valence-electron chi connectivity index (χ3n) is 5.97. The first-order valence-corrected chi connectivity index (χ1v) is 10.1. The van der Waals surface area contributed by atoms with Crippen LogP contribution in [0.3, 0.4) is 0 Å². The normalized spacial score (nSPS) is 35.4. The summed E-state index contributed by atoms with van der Waals surface area (Å²) in [5, 5.41) is 10.7. The van der Waals surface area contributed by atoms with Gasteiger partial charge in [0.05, 0.1) is 18.3 Å². The third kappa shape index (κ3) is 4.45. The fraction of sp³-hybridized carbons (Fsp3) is 0.900. The fourth-order valence-corrected chi connectivity index (χ4v) is 4.89. The Kier molecular flexibility index (Phi) is 7.31. The second kappa shape index (κ2) is 9.47. The Morgan fingerprint density at radius 2 is 1.44 bits per heavy atom. The Morgan fingerprint density at radius 1 is 0.840 bits per heavy atom. The van der Waals surface area contributed by atoms with Gasteiger partial charge >= 0.3 is 0 Å². The van der Waals surface area contributed by atoms with E-state index in [1.807, 2.05) is 13.8 Å². The number of hydrogen-bond donors (Lipinski definition) is 1. The minimum Gasteiger partial charge on any atom is -0.392 e. The second-order valence-electron chi connectivity index (χ2n) is 7.41.